The fourth-order valence-electron chi connectivity index (χ4n) is 5.10. The zero-order valence-electron chi connectivity index (χ0n) is 21.8. The Bertz CT molecular complexity index is 1320. The van der Waals surface area contributed by atoms with Gasteiger partial charge in [-0.05, 0) is 48.7 Å². The molecule has 3 aromatic rings. The fraction of sp³-hybridized carbons (Fsp3) is 0.312. The highest BCUT2D eigenvalue weighted by Crippen LogP contribution is 2.46. The molecule has 1 saturated heterocycles. The van der Waals surface area contributed by atoms with E-state index in [2.05, 4.69) is 15.9 Å². The van der Waals surface area contributed by atoms with E-state index >= 15 is 0 Å². The summed E-state index contributed by atoms with van der Waals surface area (Å²) in [6.07, 6.45) is 6.45. The van der Waals surface area contributed by atoms with Crippen molar-refractivity contribution in [2.75, 3.05) is 26.3 Å². The number of benzene rings is 3. The highest BCUT2D eigenvalue weighted by molar-refractivity contribution is 9.10. The second-order valence-electron chi connectivity index (χ2n) is 9.83. The van der Waals surface area contributed by atoms with E-state index in [-0.39, 0.29) is 12.5 Å². The van der Waals surface area contributed by atoms with Gasteiger partial charge in [-0.2, -0.15) is 0 Å². The summed E-state index contributed by atoms with van der Waals surface area (Å²) in [4.78, 5) is 21.4. The number of ether oxygens (including phenoxy) is 2. The fourth-order valence-corrected chi connectivity index (χ4v) is 5.59. The van der Waals surface area contributed by atoms with Crippen LogP contribution in [-0.4, -0.2) is 53.7 Å². The van der Waals surface area contributed by atoms with Crippen LogP contribution in [0.5, 0.6) is 5.75 Å². The van der Waals surface area contributed by atoms with Crippen molar-refractivity contribution >= 4 is 33.8 Å². The highest BCUT2D eigenvalue weighted by Gasteiger charge is 2.54. The van der Waals surface area contributed by atoms with Gasteiger partial charge in [0, 0.05) is 48.1 Å². The number of likely N-dealkylation sites (tertiary alicyclic amines) is 1. The zero-order valence-corrected chi connectivity index (χ0v) is 23.4. The predicted octanol–water partition coefficient (Wildman–Crippen LogP) is 6.19. The topological polar surface area (TPSA) is 71.4 Å². The number of hydrogen-bond donors (Lipinski definition) is 1. The normalized spacial score (nSPS) is 20.7. The first kappa shape index (κ1) is 27.2. The molecule has 2 aliphatic rings. The van der Waals surface area contributed by atoms with Crippen LogP contribution in [0.4, 0.5) is 0 Å². The van der Waals surface area contributed by atoms with Crippen molar-refractivity contribution in [3.8, 4) is 5.75 Å². The maximum Gasteiger partial charge on any atom is 0.255 e. The van der Waals surface area contributed by atoms with E-state index in [1.165, 1.54) is 0 Å². The third kappa shape index (κ3) is 6.10. The lowest BCUT2D eigenvalue weighted by atomic mass is 9.83. The molecular weight excluding hydrogens is 556 g/mol. The molecule has 3 aromatic carbocycles. The lowest BCUT2D eigenvalue weighted by Crippen LogP contribution is -2.49. The van der Waals surface area contributed by atoms with Gasteiger partial charge >= 0.3 is 0 Å². The van der Waals surface area contributed by atoms with Crippen LogP contribution in [0.25, 0.3) is 6.08 Å². The van der Waals surface area contributed by atoms with Crippen molar-refractivity contribution < 1.29 is 19.4 Å². The van der Waals surface area contributed by atoms with Gasteiger partial charge in [0.25, 0.3) is 5.91 Å². The number of aliphatic hydroxyl groups is 1. The van der Waals surface area contributed by atoms with E-state index in [0.29, 0.717) is 31.1 Å². The van der Waals surface area contributed by atoms with Crippen LogP contribution >= 0.6 is 15.9 Å². The van der Waals surface area contributed by atoms with Gasteiger partial charge in [0.15, 0.2) is 11.6 Å². The number of rotatable bonds is 10. The minimum absolute atomic E-state index is 0.00239. The molecular formula is C32H33BrN2O4. The Hall–Kier alpha value is -3.42. The molecule has 2 atom stereocenters. The van der Waals surface area contributed by atoms with Crippen molar-refractivity contribution in [1.82, 2.24) is 4.90 Å². The number of aliphatic imine (C=N–C) groups is 1. The Balaban J connectivity index is 1.54. The predicted molar refractivity (Wildman–Crippen MR) is 157 cm³/mol. The molecule has 2 aliphatic heterocycles. The number of aliphatic hydroxyl groups excluding tert-OH is 1. The van der Waals surface area contributed by atoms with Gasteiger partial charge in [-0.15, -0.1) is 0 Å². The molecule has 5 rings (SSSR count). The minimum atomic E-state index is -1.15. The van der Waals surface area contributed by atoms with Crippen molar-refractivity contribution in [3.05, 3.63) is 106 Å². The van der Waals surface area contributed by atoms with E-state index in [1.54, 1.807) is 0 Å². The maximum atomic E-state index is 14.3. The molecule has 0 saturated carbocycles. The largest absolute Gasteiger partial charge is 0.494 e. The highest BCUT2D eigenvalue weighted by atomic mass is 79.9. The van der Waals surface area contributed by atoms with Gasteiger partial charge in [0.05, 0.1) is 6.61 Å². The summed E-state index contributed by atoms with van der Waals surface area (Å²) in [6, 6.07) is 25.5. The Morgan fingerprint density at radius 3 is 2.49 bits per heavy atom. The molecule has 202 valence electrons. The molecule has 2 heterocycles. The zero-order chi connectivity index (χ0) is 27.1. The van der Waals surface area contributed by atoms with Gasteiger partial charge in [-0.25, -0.2) is 4.99 Å². The number of nitrogens with zero attached hydrogens (tertiary/aromatic N) is 2. The molecule has 1 fully saturated rings. The quantitative estimate of drug-likeness (QED) is 0.286. The van der Waals surface area contributed by atoms with E-state index in [9.17, 15) is 4.79 Å². The SMILES string of the molecule is O=C(N1CCCC1)[C@]1(C/C=C/c2ccccc2)N=C(c2ccc(OCCCO)cc2)O[C@@H]1c1ccccc1Br. The first-order valence-corrected chi connectivity index (χ1v) is 14.3. The van der Waals surface area contributed by atoms with Crippen molar-refractivity contribution in [2.24, 2.45) is 4.99 Å². The van der Waals surface area contributed by atoms with Crippen LogP contribution in [0.2, 0.25) is 0 Å². The van der Waals surface area contributed by atoms with Gasteiger partial charge < -0.3 is 19.5 Å². The summed E-state index contributed by atoms with van der Waals surface area (Å²) in [5.41, 5.74) is 1.59. The summed E-state index contributed by atoms with van der Waals surface area (Å²) in [5.74, 6) is 1.15. The first-order chi connectivity index (χ1) is 19.1. The second kappa shape index (κ2) is 12.6. The average Bonchev–Trinajstić information content (AvgIpc) is 3.64. The molecule has 39 heavy (non-hydrogen) atoms. The van der Waals surface area contributed by atoms with Crippen LogP contribution < -0.4 is 4.74 Å². The molecule has 6 nitrogen and oxygen atoms in total. The van der Waals surface area contributed by atoms with Crippen LogP contribution in [0.3, 0.4) is 0 Å². The first-order valence-electron chi connectivity index (χ1n) is 13.5. The van der Waals surface area contributed by atoms with Crippen molar-refractivity contribution in [3.63, 3.8) is 0 Å². The van der Waals surface area contributed by atoms with Gasteiger partial charge in [0.2, 0.25) is 5.90 Å². The molecule has 0 spiro atoms. The number of hydrogen-bond acceptors (Lipinski definition) is 5. The smallest absolute Gasteiger partial charge is 0.255 e. The number of amides is 1. The standard InChI is InChI=1S/C32H33BrN2O4/c33-28-14-5-4-13-27(28)29-32(31(37)35-20-6-7-21-35,19-8-12-24-10-2-1-3-11-24)34-30(39-29)25-15-17-26(18-16-25)38-23-9-22-36/h1-5,8,10-18,29,36H,6-7,9,19-23H2/b12-8+/t29-,32-/m1/s1. The van der Waals surface area contributed by atoms with E-state index in [4.69, 9.17) is 19.6 Å². The van der Waals surface area contributed by atoms with Crippen LogP contribution in [-0.2, 0) is 9.53 Å². The van der Waals surface area contributed by atoms with Crippen molar-refractivity contribution in [1.29, 1.82) is 0 Å². The van der Waals surface area contributed by atoms with Gasteiger partial charge in [-0.3, -0.25) is 4.79 Å². The van der Waals surface area contributed by atoms with Crippen LogP contribution in [0.1, 0.15) is 48.5 Å². The monoisotopic (exact) mass is 588 g/mol. The summed E-state index contributed by atoms with van der Waals surface area (Å²) in [6.45, 7) is 2.00. The summed E-state index contributed by atoms with van der Waals surface area (Å²) in [5, 5.41) is 9.02. The van der Waals surface area contributed by atoms with Gasteiger partial charge in [-0.1, -0.05) is 76.6 Å². The Morgan fingerprint density at radius 1 is 1.05 bits per heavy atom. The van der Waals surface area contributed by atoms with Crippen molar-refractivity contribution in [2.45, 2.75) is 37.3 Å². The summed E-state index contributed by atoms with van der Waals surface area (Å²) < 4.78 is 13.2. The second-order valence-corrected chi connectivity index (χ2v) is 10.7. The number of halogens is 1. The van der Waals surface area contributed by atoms with E-state index in [0.717, 1.165) is 47.1 Å². The van der Waals surface area contributed by atoms with Crippen LogP contribution in [0.15, 0.2) is 94.4 Å². The van der Waals surface area contributed by atoms with Crippen LogP contribution in [0, 0.1) is 0 Å². The maximum absolute atomic E-state index is 14.3. The lowest BCUT2D eigenvalue weighted by Gasteiger charge is -2.33. The molecule has 1 N–H and O–H groups in total. The molecule has 7 heteroatoms. The van der Waals surface area contributed by atoms with Gasteiger partial charge in [0.1, 0.15) is 5.75 Å². The molecule has 0 unspecified atom stereocenters. The van der Waals surface area contributed by atoms with E-state index < -0.39 is 11.6 Å². The lowest BCUT2D eigenvalue weighted by molar-refractivity contribution is -0.138. The third-order valence-corrected chi connectivity index (χ3v) is 7.85. The number of carbonyl (C=O) groups excluding carboxylic acids is 1. The molecule has 0 bridgehead atoms. The average molecular weight is 590 g/mol. The summed E-state index contributed by atoms with van der Waals surface area (Å²) >= 11 is 3.70. The third-order valence-electron chi connectivity index (χ3n) is 7.13. The Kier molecular flexibility index (Phi) is 8.79. The molecule has 1 amide bonds. The number of carbonyl (C=O) groups is 1. The Labute approximate surface area is 238 Å². The minimum Gasteiger partial charge on any atom is -0.494 e. The molecule has 0 aliphatic carbocycles. The Morgan fingerprint density at radius 2 is 1.77 bits per heavy atom. The van der Waals surface area contributed by atoms with E-state index in [1.807, 2.05) is 95.9 Å². The summed E-state index contributed by atoms with van der Waals surface area (Å²) in [7, 11) is 0. The molecule has 0 radical (unpaired) electrons. The molecule has 0 aromatic heterocycles.